The van der Waals surface area contributed by atoms with E-state index in [0.717, 1.165) is 5.56 Å². The van der Waals surface area contributed by atoms with Crippen LogP contribution in [0.3, 0.4) is 0 Å². The van der Waals surface area contributed by atoms with Gasteiger partial charge in [-0.15, -0.1) is 0 Å². The van der Waals surface area contributed by atoms with Crippen molar-refractivity contribution in [2.45, 2.75) is 62.5 Å². The summed E-state index contributed by atoms with van der Waals surface area (Å²) >= 11 is 0. The number of carbonyl (C=O) groups excluding carboxylic acids is 3. The van der Waals surface area contributed by atoms with Crippen LogP contribution in [0.15, 0.2) is 48.9 Å². The second-order valence-corrected chi connectivity index (χ2v) is 16.4. The van der Waals surface area contributed by atoms with Crippen LogP contribution in [-0.2, 0) is 28.0 Å². The van der Waals surface area contributed by atoms with Crippen molar-refractivity contribution >= 4 is 40.0 Å². The minimum absolute atomic E-state index is 0.0930. The van der Waals surface area contributed by atoms with Crippen molar-refractivity contribution in [3.63, 3.8) is 0 Å². The number of carbonyl (C=O) groups is 3. The average molecular weight is 724 g/mol. The third-order valence-corrected chi connectivity index (χ3v) is 11.6. The average Bonchev–Trinajstić information content (AvgIpc) is 3.75. The number of benzene rings is 1. The van der Waals surface area contributed by atoms with Crippen molar-refractivity contribution in [1.82, 2.24) is 30.8 Å². The Bertz CT molecular complexity index is 1500. The molecule has 0 spiro atoms. The summed E-state index contributed by atoms with van der Waals surface area (Å²) in [5.41, 5.74) is -2.81. The van der Waals surface area contributed by atoms with E-state index in [1.807, 2.05) is 49.1 Å². The van der Waals surface area contributed by atoms with Gasteiger partial charge in [-0.05, 0) is 37.3 Å². The van der Waals surface area contributed by atoms with Gasteiger partial charge in [-0.1, -0.05) is 44.2 Å². The largest absolute Gasteiger partial charge is 0.480 e. The molecule has 2 fully saturated rings. The van der Waals surface area contributed by atoms with Crippen LogP contribution in [-0.4, -0.2) is 109 Å². The van der Waals surface area contributed by atoms with E-state index >= 15 is 0 Å². The Morgan fingerprint density at radius 3 is 2.24 bits per heavy atom. The fraction of sp³-hybridized carbons (Fsp3) is 0.552. The molecule has 17 nitrogen and oxygen atoms in total. The molecule has 2 aliphatic rings. The second kappa shape index (κ2) is 16.8. The number of nitrogens with one attached hydrogen (secondary N) is 3. The Kier molecular flexibility index (Phi) is 13.3. The molecule has 1 saturated carbocycles. The number of aromatic nitrogens is 2. The van der Waals surface area contributed by atoms with E-state index in [0.29, 0.717) is 32.5 Å². The highest BCUT2D eigenvalue weighted by atomic mass is 31.2. The van der Waals surface area contributed by atoms with E-state index in [4.69, 9.17) is 9.31 Å². The van der Waals surface area contributed by atoms with E-state index in [1.165, 1.54) is 18.6 Å². The first-order valence-corrected chi connectivity index (χ1v) is 19.3. The van der Waals surface area contributed by atoms with E-state index < -0.39 is 51.1 Å². The van der Waals surface area contributed by atoms with Crippen molar-refractivity contribution in [1.29, 1.82) is 0 Å². The normalized spacial score (nSPS) is 21.1. The van der Waals surface area contributed by atoms with Gasteiger partial charge in [0.05, 0.1) is 12.1 Å². The van der Waals surface area contributed by atoms with Gasteiger partial charge in [-0.25, -0.2) is 4.98 Å². The van der Waals surface area contributed by atoms with E-state index in [-0.39, 0.29) is 49.5 Å². The Balaban J connectivity index is 1.35. The number of nitrogens with zero attached hydrogens (tertiary/aromatic N) is 3. The first-order chi connectivity index (χ1) is 23.1. The zero-order chi connectivity index (χ0) is 35.8. The SMILES string of the molecule is CC(C)C[C@H](NC(=O)[C@@]1(NC(=O)c2cnccn2)C[C@@H]1c1ccccc1)B1OCCN(CCCC(=O)NC(P(=O)(O)O)P(=O)(O)O)CCO1. The molecule has 20 heteroatoms. The van der Waals surface area contributed by atoms with Gasteiger partial charge >= 0.3 is 22.3 Å². The lowest BCUT2D eigenvalue weighted by atomic mass is 9.73. The summed E-state index contributed by atoms with van der Waals surface area (Å²) in [4.78, 5) is 86.2. The second-order valence-electron chi connectivity index (χ2n) is 12.6. The standard InChI is InChI=1S/C29H43BN6O11P2/c1-20(2)17-24(30-46-15-13-36(14-16-47-30)12-6-9-25(37)34-28(48(40,41)42)49(43,44)45)33-27(39)29(18-22(29)21-7-4-3-5-8-21)35-26(38)23-19-31-10-11-32-23/h3-5,7-8,10-11,19-20,22,24,28H,6,9,12-18H2,1-2H3,(H,33,39)(H,34,37)(H,35,38)(H2,40,41,42)(H2,43,44,45)/t22-,24+,29-/m1/s1. The van der Waals surface area contributed by atoms with Gasteiger partial charge in [0.25, 0.3) is 5.91 Å². The minimum atomic E-state index is -5.28. The Hall–Kier alpha value is -3.05. The lowest BCUT2D eigenvalue weighted by molar-refractivity contribution is -0.124. The van der Waals surface area contributed by atoms with Crippen LogP contribution in [0.1, 0.15) is 61.5 Å². The topological polar surface area (TPSA) is 250 Å². The third-order valence-electron chi connectivity index (χ3n) is 8.26. The molecule has 0 unspecified atom stereocenters. The van der Waals surface area contributed by atoms with Crippen molar-refractivity contribution in [2.75, 3.05) is 32.8 Å². The summed E-state index contributed by atoms with van der Waals surface area (Å²) in [6.45, 7) is 5.75. The van der Waals surface area contributed by atoms with Gasteiger partial charge in [-0.2, -0.15) is 0 Å². The molecule has 1 aliphatic heterocycles. The maximum atomic E-state index is 14.1. The van der Waals surface area contributed by atoms with Gasteiger partial charge in [0.2, 0.25) is 17.3 Å². The number of hydrogen-bond acceptors (Lipinski definition) is 10. The van der Waals surface area contributed by atoms with Crippen LogP contribution in [0.4, 0.5) is 0 Å². The van der Waals surface area contributed by atoms with Gasteiger partial charge in [0.1, 0.15) is 11.2 Å². The zero-order valence-electron chi connectivity index (χ0n) is 27.3. The van der Waals surface area contributed by atoms with Crippen LogP contribution in [0.5, 0.6) is 0 Å². The molecule has 268 valence electrons. The molecule has 3 amide bonds. The van der Waals surface area contributed by atoms with Crippen LogP contribution in [0, 0.1) is 5.92 Å². The van der Waals surface area contributed by atoms with Gasteiger partial charge in [-0.3, -0.25) is 33.4 Å². The van der Waals surface area contributed by atoms with E-state index in [2.05, 4.69) is 20.6 Å². The molecule has 3 atom stereocenters. The molecule has 0 radical (unpaired) electrons. The molecular weight excluding hydrogens is 681 g/mol. The maximum absolute atomic E-state index is 14.1. The number of rotatable bonds is 15. The zero-order valence-corrected chi connectivity index (χ0v) is 29.0. The smallest absolute Gasteiger partial charge is 0.408 e. The fourth-order valence-electron chi connectivity index (χ4n) is 5.78. The van der Waals surface area contributed by atoms with Gasteiger partial charge in [0, 0.05) is 51.0 Å². The summed E-state index contributed by atoms with van der Waals surface area (Å²) in [5, 5.41) is 7.79. The molecule has 2 aromatic rings. The highest BCUT2D eigenvalue weighted by Gasteiger charge is 2.62. The third kappa shape index (κ3) is 11.0. The lowest BCUT2D eigenvalue weighted by Gasteiger charge is -2.32. The Labute approximate surface area is 284 Å². The predicted molar refractivity (Wildman–Crippen MR) is 177 cm³/mol. The van der Waals surface area contributed by atoms with Crippen LogP contribution in [0.25, 0.3) is 0 Å². The van der Waals surface area contributed by atoms with Crippen molar-refractivity contribution in [2.24, 2.45) is 5.92 Å². The van der Waals surface area contributed by atoms with Crippen molar-refractivity contribution in [3.05, 3.63) is 60.2 Å². The Morgan fingerprint density at radius 2 is 1.67 bits per heavy atom. The maximum Gasteiger partial charge on any atom is 0.480 e. The van der Waals surface area contributed by atoms with Crippen LogP contribution < -0.4 is 16.0 Å². The molecule has 0 bridgehead atoms. The lowest BCUT2D eigenvalue weighted by Crippen LogP contribution is -2.58. The summed E-state index contributed by atoms with van der Waals surface area (Å²) in [6, 6.07) is 9.47. The molecule has 49 heavy (non-hydrogen) atoms. The summed E-state index contributed by atoms with van der Waals surface area (Å²) in [7, 11) is -11.3. The predicted octanol–water partition coefficient (Wildman–Crippen LogP) is 0.575. The molecule has 1 aromatic carbocycles. The monoisotopic (exact) mass is 724 g/mol. The molecule has 1 aliphatic carbocycles. The quantitative estimate of drug-likeness (QED) is 0.0981. The van der Waals surface area contributed by atoms with Crippen molar-refractivity contribution in [3.8, 4) is 0 Å². The van der Waals surface area contributed by atoms with Crippen LogP contribution in [0.2, 0.25) is 0 Å². The number of hydrogen-bond donors (Lipinski definition) is 7. The molecule has 7 N–H and O–H groups in total. The molecule has 1 saturated heterocycles. The Morgan fingerprint density at radius 1 is 1.02 bits per heavy atom. The molecule has 1 aromatic heterocycles. The highest BCUT2D eigenvalue weighted by molar-refractivity contribution is 7.70. The van der Waals surface area contributed by atoms with E-state index in [9.17, 15) is 43.1 Å². The summed E-state index contributed by atoms with van der Waals surface area (Å²) in [5.74, 6) is -2.42. The van der Waals surface area contributed by atoms with E-state index in [1.54, 1.807) is 5.32 Å². The summed E-state index contributed by atoms with van der Waals surface area (Å²) < 4.78 is 35.0. The van der Waals surface area contributed by atoms with Gasteiger partial charge in [0.15, 0.2) is 0 Å². The number of amides is 3. The van der Waals surface area contributed by atoms with Gasteiger partial charge < -0.3 is 44.8 Å². The fourth-order valence-corrected chi connectivity index (χ4v) is 7.97. The minimum Gasteiger partial charge on any atom is -0.408 e. The highest BCUT2D eigenvalue weighted by Crippen LogP contribution is 2.58. The van der Waals surface area contributed by atoms with Crippen LogP contribution >= 0.6 is 15.2 Å². The molecule has 2 heterocycles. The first-order valence-electron chi connectivity index (χ1n) is 15.9. The first kappa shape index (κ1) is 38.8. The van der Waals surface area contributed by atoms with Crippen molar-refractivity contribution < 1.29 is 52.4 Å². The molecular formula is C29H43BN6O11P2. The molecule has 4 rings (SSSR count). The summed E-state index contributed by atoms with van der Waals surface area (Å²) in [6.07, 6.45) is 5.14.